The van der Waals surface area contributed by atoms with Crippen LogP contribution < -0.4 is 10.6 Å². The molecule has 2 saturated heterocycles. The second-order valence-electron chi connectivity index (χ2n) is 7.91. The Morgan fingerprint density at radius 2 is 1.93 bits per heavy atom. The second kappa shape index (κ2) is 14.5. The highest BCUT2D eigenvalue weighted by Crippen LogP contribution is 2.20. The van der Waals surface area contributed by atoms with Crippen LogP contribution in [0.2, 0.25) is 0 Å². The molecule has 0 unspecified atom stereocenters. The van der Waals surface area contributed by atoms with E-state index >= 15 is 0 Å². The van der Waals surface area contributed by atoms with Gasteiger partial charge in [0.15, 0.2) is 5.96 Å². The van der Waals surface area contributed by atoms with Crippen LogP contribution in [0.4, 0.5) is 0 Å². The van der Waals surface area contributed by atoms with Gasteiger partial charge >= 0.3 is 0 Å². The maximum atomic E-state index is 5.41. The lowest BCUT2D eigenvalue weighted by Crippen LogP contribution is -2.44. The van der Waals surface area contributed by atoms with Crippen LogP contribution in [-0.4, -0.2) is 86.3 Å². The van der Waals surface area contributed by atoms with E-state index in [9.17, 15) is 0 Å². The fraction of sp³-hybridized carbons (Fsp3) is 0.810. The van der Waals surface area contributed by atoms with Crippen LogP contribution in [0.15, 0.2) is 10.4 Å². The van der Waals surface area contributed by atoms with E-state index in [2.05, 4.69) is 39.7 Å². The number of guanidine groups is 1. The molecule has 0 spiro atoms. The number of aromatic nitrogens is 1. The highest BCUT2D eigenvalue weighted by Gasteiger charge is 2.20. The summed E-state index contributed by atoms with van der Waals surface area (Å²) in [5.74, 6) is 1.64. The van der Waals surface area contributed by atoms with Gasteiger partial charge in [-0.2, -0.15) is 0 Å². The summed E-state index contributed by atoms with van der Waals surface area (Å²) in [5.41, 5.74) is 1.24. The lowest BCUT2D eigenvalue weighted by molar-refractivity contribution is 0.0389. The predicted octanol–water partition coefficient (Wildman–Crippen LogP) is 2.42. The number of ether oxygens (including phenoxy) is 1. The number of aliphatic imine (C=N–C) groups is 1. The van der Waals surface area contributed by atoms with Gasteiger partial charge in [0, 0.05) is 51.2 Å². The van der Waals surface area contributed by atoms with Crippen molar-refractivity contribution in [1.82, 2.24) is 25.4 Å². The minimum absolute atomic E-state index is 0. The summed E-state index contributed by atoms with van der Waals surface area (Å²) >= 11 is 1.79. The van der Waals surface area contributed by atoms with Crippen molar-refractivity contribution in [2.45, 2.75) is 39.7 Å². The van der Waals surface area contributed by atoms with Crippen molar-refractivity contribution in [3.05, 3.63) is 16.1 Å². The van der Waals surface area contributed by atoms with Gasteiger partial charge in [-0.15, -0.1) is 35.3 Å². The Bertz CT molecular complexity index is 614. The first-order valence-corrected chi connectivity index (χ1v) is 12.1. The van der Waals surface area contributed by atoms with Crippen molar-refractivity contribution >= 4 is 41.3 Å². The van der Waals surface area contributed by atoms with Crippen LogP contribution in [0.25, 0.3) is 0 Å². The number of nitrogens with zero attached hydrogens (tertiary/aromatic N) is 4. The number of nitrogens with one attached hydrogen (secondary N) is 2. The van der Waals surface area contributed by atoms with E-state index in [4.69, 9.17) is 14.7 Å². The third-order valence-corrected chi connectivity index (χ3v) is 6.71. The monoisotopic (exact) mass is 550 g/mol. The quantitative estimate of drug-likeness (QED) is 0.280. The van der Waals surface area contributed by atoms with Crippen LogP contribution in [0.5, 0.6) is 0 Å². The summed E-state index contributed by atoms with van der Waals surface area (Å²) in [6.45, 7) is 15.2. The molecule has 0 radical (unpaired) electrons. The first kappa shape index (κ1) is 25.8. The first-order chi connectivity index (χ1) is 14.3. The average Bonchev–Trinajstić information content (AvgIpc) is 3.21. The number of hydrogen-bond acceptors (Lipinski definition) is 6. The lowest BCUT2D eigenvalue weighted by Gasteiger charge is -2.31. The lowest BCUT2D eigenvalue weighted by atomic mass is 9.97. The fourth-order valence-corrected chi connectivity index (χ4v) is 4.60. The van der Waals surface area contributed by atoms with Gasteiger partial charge in [-0.1, -0.05) is 6.92 Å². The molecule has 1 aromatic rings. The van der Waals surface area contributed by atoms with E-state index in [1.807, 2.05) is 0 Å². The summed E-state index contributed by atoms with van der Waals surface area (Å²) in [5, 5.41) is 10.4. The molecular formula is C21H39IN6OS. The minimum Gasteiger partial charge on any atom is -0.379 e. The van der Waals surface area contributed by atoms with Crippen molar-refractivity contribution in [3.63, 3.8) is 0 Å². The van der Waals surface area contributed by atoms with E-state index < -0.39 is 0 Å². The molecule has 0 bridgehead atoms. The van der Waals surface area contributed by atoms with E-state index in [1.165, 1.54) is 23.5 Å². The molecule has 30 heavy (non-hydrogen) atoms. The Kier molecular flexibility index (Phi) is 12.5. The summed E-state index contributed by atoms with van der Waals surface area (Å²) in [6.07, 6.45) is 3.49. The van der Waals surface area contributed by atoms with Gasteiger partial charge in [-0.3, -0.25) is 14.8 Å². The Morgan fingerprint density at radius 1 is 1.17 bits per heavy atom. The number of likely N-dealkylation sites (tertiary alicyclic amines) is 1. The summed E-state index contributed by atoms with van der Waals surface area (Å²) in [6, 6.07) is 0. The van der Waals surface area contributed by atoms with Gasteiger partial charge in [-0.05, 0) is 45.2 Å². The number of thiazole rings is 1. The molecule has 0 saturated carbocycles. The Morgan fingerprint density at radius 3 is 2.60 bits per heavy atom. The molecule has 3 heterocycles. The van der Waals surface area contributed by atoms with Crippen LogP contribution >= 0.6 is 35.3 Å². The zero-order valence-corrected chi connectivity index (χ0v) is 21.7. The van der Waals surface area contributed by atoms with Gasteiger partial charge in [0.2, 0.25) is 0 Å². The molecule has 9 heteroatoms. The van der Waals surface area contributed by atoms with E-state index in [0.717, 1.165) is 84.5 Å². The molecule has 1 aromatic heterocycles. The van der Waals surface area contributed by atoms with Crippen LogP contribution in [-0.2, 0) is 17.7 Å². The van der Waals surface area contributed by atoms with Crippen LogP contribution in [0.3, 0.4) is 0 Å². The molecule has 2 N–H and O–H groups in total. The minimum atomic E-state index is 0. The van der Waals surface area contributed by atoms with Gasteiger partial charge in [0.05, 0.1) is 23.9 Å². The number of rotatable bonds is 9. The number of morpholine rings is 1. The molecule has 0 amide bonds. The normalized spacial score (nSPS) is 19.5. The zero-order valence-electron chi connectivity index (χ0n) is 18.6. The first-order valence-electron chi connectivity index (χ1n) is 11.2. The van der Waals surface area contributed by atoms with Crippen LogP contribution in [0, 0.1) is 5.92 Å². The number of piperidine rings is 1. The standard InChI is InChI=1S/C21H38N6OS.HI/c1-3-20-25-19(17-29-20)16-27-8-5-18(6-9-27)15-24-21(22-4-2)23-7-10-26-11-13-28-14-12-26;/h17-18H,3-16H2,1-2H3,(H2,22,23,24);1H. The van der Waals surface area contributed by atoms with Gasteiger partial charge in [-0.25, -0.2) is 4.98 Å². The second-order valence-corrected chi connectivity index (χ2v) is 8.85. The molecule has 172 valence electrons. The van der Waals surface area contributed by atoms with Crippen molar-refractivity contribution < 1.29 is 4.74 Å². The van der Waals surface area contributed by atoms with Gasteiger partial charge in [0.1, 0.15) is 0 Å². The van der Waals surface area contributed by atoms with Gasteiger partial charge < -0.3 is 15.4 Å². The van der Waals surface area contributed by atoms with Gasteiger partial charge in [0.25, 0.3) is 0 Å². The maximum Gasteiger partial charge on any atom is 0.191 e. The Hall–Kier alpha value is -0.490. The molecule has 2 fully saturated rings. The highest BCUT2D eigenvalue weighted by atomic mass is 127. The topological polar surface area (TPSA) is 65.0 Å². The molecule has 0 aromatic carbocycles. The number of halogens is 1. The fourth-order valence-electron chi connectivity index (χ4n) is 3.86. The number of hydrogen-bond donors (Lipinski definition) is 2. The van der Waals surface area contributed by atoms with Crippen molar-refractivity contribution in [3.8, 4) is 0 Å². The predicted molar refractivity (Wildman–Crippen MR) is 136 cm³/mol. The smallest absolute Gasteiger partial charge is 0.191 e. The molecule has 3 rings (SSSR count). The number of aryl methyl sites for hydroxylation is 1. The molecule has 2 aliphatic heterocycles. The van der Waals surface area contributed by atoms with Crippen molar-refractivity contribution in [1.29, 1.82) is 0 Å². The molecule has 7 nitrogen and oxygen atoms in total. The molecular weight excluding hydrogens is 511 g/mol. The average molecular weight is 551 g/mol. The third-order valence-electron chi connectivity index (χ3n) is 5.67. The summed E-state index contributed by atoms with van der Waals surface area (Å²) in [4.78, 5) is 14.6. The van der Waals surface area contributed by atoms with Crippen molar-refractivity contribution in [2.24, 2.45) is 10.9 Å². The molecule has 2 aliphatic rings. The van der Waals surface area contributed by atoms with Crippen LogP contribution in [0.1, 0.15) is 37.4 Å². The van der Waals surface area contributed by atoms with E-state index in [-0.39, 0.29) is 24.0 Å². The summed E-state index contributed by atoms with van der Waals surface area (Å²) < 4.78 is 5.41. The Balaban J connectivity index is 0.00000320. The SMILES string of the molecule is CCNC(=NCC1CCN(Cc2csc(CC)n2)CC1)NCCN1CCOCC1.I. The van der Waals surface area contributed by atoms with Crippen molar-refractivity contribution in [2.75, 3.05) is 65.6 Å². The molecule has 0 atom stereocenters. The summed E-state index contributed by atoms with van der Waals surface area (Å²) in [7, 11) is 0. The molecule has 0 aliphatic carbocycles. The maximum absolute atomic E-state index is 5.41. The highest BCUT2D eigenvalue weighted by molar-refractivity contribution is 14.0. The third kappa shape index (κ3) is 8.94. The Labute approximate surface area is 203 Å². The van der Waals surface area contributed by atoms with E-state index in [0.29, 0.717) is 5.92 Å². The largest absolute Gasteiger partial charge is 0.379 e. The zero-order chi connectivity index (χ0) is 20.3. The van der Waals surface area contributed by atoms with E-state index in [1.54, 1.807) is 11.3 Å².